The van der Waals surface area contributed by atoms with Gasteiger partial charge in [-0.3, -0.25) is 14.9 Å². The van der Waals surface area contributed by atoms with Gasteiger partial charge < -0.3 is 10.2 Å². The van der Waals surface area contributed by atoms with E-state index < -0.39 is 17.1 Å². The zero-order valence-electron chi connectivity index (χ0n) is 11.3. The number of nitro benzene ring substituents is 1. The predicted molar refractivity (Wildman–Crippen MR) is 76.6 cm³/mol. The normalized spacial score (nSPS) is 13.8. The molecule has 110 valence electrons. The summed E-state index contributed by atoms with van der Waals surface area (Å²) in [5.41, 5.74) is 0.575. The number of hydrogen-bond donors (Lipinski definition) is 2. The van der Waals surface area contributed by atoms with Crippen LogP contribution in [-0.4, -0.2) is 32.1 Å². The van der Waals surface area contributed by atoms with Gasteiger partial charge in [-0.1, -0.05) is 17.8 Å². The Hall–Kier alpha value is -1.44. The number of aliphatic hydroxyl groups is 2. The number of thioether (sulfide) groups is 1. The first-order valence-corrected chi connectivity index (χ1v) is 7.06. The molecule has 6 nitrogen and oxygen atoms in total. The molecule has 0 saturated carbocycles. The number of carbonyl (C=O) groups excluding carboxylic acids is 1. The van der Waals surface area contributed by atoms with E-state index in [9.17, 15) is 25.1 Å². The number of aryl methyl sites for hydroxylation is 1. The standard InChI is InChI=1S/C13H17NO5S/c1-8-3-4-10(11(7-8)14(18)19)13(17)12(16)5-6-20-9(2)15/h3-4,7,12-13,16-17H,5-6H2,1-2H3. The molecule has 7 heteroatoms. The molecule has 0 aromatic heterocycles. The fourth-order valence-electron chi connectivity index (χ4n) is 1.75. The number of carbonyl (C=O) groups is 1. The molecule has 0 aliphatic heterocycles. The summed E-state index contributed by atoms with van der Waals surface area (Å²) in [6.07, 6.45) is -2.32. The van der Waals surface area contributed by atoms with E-state index in [1.165, 1.54) is 19.1 Å². The molecule has 0 aliphatic carbocycles. The van der Waals surface area contributed by atoms with Gasteiger partial charge in [-0.05, 0) is 25.0 Å². The van der Waals surface area contributed by atoms with Gasteiger partial charge in [-0.2, -0.15) is 0 Å². The minimum atomic E-state index is -1.34. The molecule has 0 fully saturated rings. The quantitative estimate of drug-likeness (QED) is 0.615. The fraction of sp³-hybridized carbons (Fsp3) is 0.462. The van der Waals surface area contributed by atoms with Crippen molar-refractivity contribution in [2.45, 2.75) is 32.5 Å². The van der Waals surface area contributed by atoms with Gasteiger partial charge in [0.15, 0.2) is 5.12 Å². The Morgan fingerprint density at radius 2 is 2.10 bits per heavy atom. The molecule has 1 aromatic rings. The van der Waals surface area contributed by atoms with Crippen LogP contribution in [0.5, 0.6) is 0 Å². The lowest BCUT2D eigenvalue weighted by Gasteiger charge is -2.18. The van der Waals surface area contributed by atoms with Gasteiger partial charge in [0, 0.05) is 18.7 Å². The average Bonchev–Trinajstić information content (AvgIpc) is 2.37. The Kier molecular flexibility index (Phi) is 6.12. The van der Waals surface area contributed by atoms with E-state index in [0.717, 1.165) is 11.8 Å². The summed E-state index contributed by atoms with van der Waals surface area (Å²) in [5, 5.41) is 30.8. The molecule has 0 amide bonds. The van der Waals surface area contributed by atoms with Crippen LogP contribution in [0.4, 0.5) is 5.69 Å². The lowest BCUT2D eigenvalue weighted by Crippen LogP contribution is -2.20. The molecule has 1 rings (SSSR count). The third-order valence-corrected chi connectivity index (χ3v) is 3.63. The zero-order valence-corrected chi connectivity index (χ0v) is 12.1. The zero-order chi connectivity index (χ0) is 15.3. The van der Waals surface area contributed by atoms with Crippen LogP contribution < -0.4 is 0 Å². The highest BCUT2D eigenvalue weighted by Crippen LogP contribution is 2.29. The van der Waals surface area contributed by atoms with Gasteiger partial charge in [-0.25, -0.2) is 0 Å². The van der Waals surface area contributed by atoms with Crippen molar-refractivity contribution in [3.8, 4) is 0 Å². The van der Waals surface area contributed by atoms with Crippen LogP contribution in [0.15, 0.2) is 18.2 Å². The maximum Gasteiger partial charge on any atom is 0.275 e. The second-order valence-electron chi connectivity index (χ2n) is 4.46. The molecule has 0 heterocycles. The molecule has 0 spiro atoms. The highest BCUT2D eigenvalue weighted by Gasteiger charge is 2.26. The third kappa shape index (κ3) is 4.59. The maximum atomic E-state index is 11.0. The Morgan fingerprint density at radius 3 is 2.65 bits per heavy atom. The van der Waals surface area contributed by atoms with Crippen molar-refractivity contribution in [1.82, 2.24) is 0 Å². The van der Waals surface area contributed by atoms with Crippen molar-refractivity contribution in [3.63, 3.8) is 0 Å². The number of hydrogen-bond acceptors (Lipinski definition) is 6. The highest BCUT2D eigenvalue weighted by molar-refractivity contribution is 8.13. The SMILES string of the molecule is CC(=O)SCCC(O)C(O)c1ccc(C)cc1[N+](=O)[O-]. The minimum Gasteiger partial charge on any atom is -0.390 e. The number of rotatable bonds is 6. The molecule has 2 unspecified atom stereocenters. The monoisotopic (exact) mass is 299 g/mol. The molecule has 0 saturated heterocycles. The molecular weight excluding hydrogens is 282 g/mol. The third-order valence-electron chi connectivity index (χ3n) is 2.78. The molecule has 1 aromatic carbocycles. The van der Waals surface area contributed by atoms with Gasteiger partial charge in [-0.15, -0.1) is 0 Å². The van der Waals surface area contributed by atoms with E-state index in [4.69, 9.17) is 0 Å². The number of aliphatic hydroxyl groups excluding tert-OH is 2. The van der Waals surface area contributed by atoms with Crippen molar-refractivity contribution >= 4 is 22.6 Å². The van der Waals surface area contributed by atoms with E-state index in [1.807, 2.05) is 0 Å². The summed E-state index contributed by atoms with van der Waals surface area (Å²) in [4.78, 5) is 21.2. The van der Waals surface area contributed by atoms with Crippen LogP contribution in [-0.2, 0) is 4.79 Å². The van der Waals surface area contributed by atoms with Crippen LogP contribution in [0.2, 0.25) is 0 Å². The van der Waals surface area contributed by atoms with Crippen LogP contribution in [0.3, 0.4) is 0 Å². The van der Waals surface area contributed by atoms with Crippen LogP contribution in [0.1, 0.15) is 30.6 Å². The van der Waals surface area contributed by atoms with E-state index in [-0.39, 0.29) is 22.8 Å². The molecule has 20 heavy (non-hydrogen) atoms. The number of nitro groups is 1. The summed E-state index contributed by atoms with van der Waals surface area (Å²) >= 11 is 1.04. The largest absolute Gasteiger partial charge is 0.390 e. The lowest BCUT2D eigenvalue weighted by molar-refractivity contribution is -0.386. The van der Waals surface area contributed by atoms with Crippen LogP contribution in [0, 0.1) is 17.0 Å². The number of nitrogens with zero attached hydrogens (tertiary/aromatic N) is 1. The first-order valence-electron chi connectivity index (χ1n) is 6.07. The molecule has 0 aliphatic rings. The predicted octanol–water partition coefficient (Wildman–Crippen LogP) is 1.97. The van der Waals surface area contributed by atoms with Gasteiger partial charge >= 0.3 is 0 Å². The van der Waals surface area contributed by atoms with Gasteiger partial charge in [0.2, 0.25) is 0 Å². The smallest absolute Gasteiger partial charge is 0.275 e. The molecule has 0 bridgehead atoms. The van der Waals surface area contributed by atoms with Crippen molar-refractivity contribution in [2.75, 3.05) is 5.75 Å². The summed E-state index contributed by atoms with van der Waals surface area (Å²) in [6.45, 7) is 3.13. The summed E-state index contributed by atoms with van der Waals surface area (Å²) < 4.78 is 0. The van der Waals surface area contributed by atoms with E-state index >= 15 is 0 Å². The number of benzene rings is 1. The topological polar surface area (TPSA) is 101 Å². The van der Waals surface area contributed by atoms with Crippen molar-refractivity contribution in [1.29, 1.82) is 0 Å². The summed E-state index contributed by atoms with van der Waals surface area (Å²) in [6, 6.07) is 4.44. The van der Waals surface area contributed by atoms with E-state index in [2.05, 4.69) is 0 Å². The lowest BCUT2D eigenvalue weighted by atomic mass is 9.99. The average molecular weight is 299 g/mol. The molecule has 2 atom stereocenters. The van der Waals surface area contributed by atoms with Crippen LogP contribution in [0.25, 0.3) is 0 Å². The van der Waals surface area contributed by atoms with E-state index in [0.29, 0.717) is 11.3 Å². The summed E-state index contributed by atoms with van der Waals surface area (Å²) in [7, 11) is 0. The second-order valence-corrected chi connectivity index (χ2v) is 5.73. The van der Waals surface area contributed by atoms with Gasteiger partial charge in [0.05, 0.1) is 16.6 Å². The Labute approximate surface area is 121 Å². The second kappa shape index (κ2) is 7.37. The molecular formula is C13H17NO5S. The van der Waals surface area contributed by atoms with Gasteiger partial charge in [0.25, 0.3) is 5.69 Å². The maximum absolute atomic E-state index is 11.0. The Balaban J connectivity index is 2.83. The van der Waals surface area contributed by atoms with Crippen LogP contribution >= 0.6 is 11.8 Å². The van der Waals surface area contributed by atoms with Crippen molar-refractivity contribution in [3.05, 3.63) is 39.4 Å². The minimum absolute atomic E-state index is 0.0759. The molecule has 2 N–H and O–H groups in total. The van der Waals surface area contributed by atoms with Gasteiger partial charge in [0.1, 0.15) is 6.10 Å². The fourth-order valence-corrected chi connectivity index (χ4v) is 2.40. The Bertz CT molecular complexity index is 506. The first kappa shape index (κ1) is 16.6. The highest BCUT2D eigenvalue weighted by atomic mass is 32.2. The first-order chi connectivity index (χ1) is 9.32. The van der Waals surface area contributed by atoms with Crippen molar-refractivity contribution in [2.24, 2.45) is 0 Å². The molecule has 0 radical (unpaired) electrons. The van der Waals surface area contributed by atoms with E-state index in [1.54, 1.807) is 13.0 Å². The van der Waals surface area contributed by atoms with Crippen molar-refractivity contribution < 1.29 is 19.9 Å². The summed E-state index contributed by atoms with van der Waals surface area (Å²) in [5.74, 6) is 0.354. The Morgan fingerprint density at radius 1 is 1.45 bits per heavy atom.